The van der Waals surface area contributed by atoms with Gasteiger partial charge in [-0.05, 0) is 46.0 Å². The topological polar surface area (TPSA) is 111 Å². The highest BCUT2D eigenvalue weighted by Gasteiger charge is 2.15. The summed E-state index contributed by atoms with van der Waals surface area (Å²) in [5.41, 5.74) is 5.67. The molecule has 0 fully saturated rings. The number of carbonyl (C=O) groups excluding carboxylic acids is 1. The quantitative estimate of drug-likeness (QED) is 0.332. The highest BCUT2D eigenvalue weighted by atomic mass is 16.5. The molecule has 0 atom stereocenters. The van der Waals surface area contributed by atoms with Gasteiger partial charge in [0.2, 0.25) is 0 Å². The number of unbranched alkanes of at least 4 members (excludes halogenated alkanes) is 1. The number of ether oxygens (including phenoxy) is 1. The van der Waals surface area contributed by atoms with E-state index < -0.39 is 0 Å². The number of tetrazole rings is 1. The molecule has 0 spiro atoms. The lowest BCUT2D eigenvalue weighted by atomic mass is 9.98. The zero-order valence-electron chi connectivity index (χ0n) is 19.5. The molecule has 2 heterocycles. The van der Waals surface area contributed by atoms with Crippen LogP contribution < -0.4 is 5.32 Å². The zero-order valence-corrected chi connectivity index (χ0v) is 19.5. The summed E-state index contributed by atoms with van der Waals surface area (Å²) in [5.74, 6) is 0.454. The molecule has 9 heteroatoms. The van der Waals surface area contributed by atoms with Crippen molar-refractivity contribution in [2.75, 3.05) is 20.3 Å². The Labute approximate surface area is 198 Å². The molecule has 0 saturated carbocycles. The highest BCUT2D eigenvalue weighted by Crippen LogP contribution is 2.29. The van der Waals surface area contributed by atoms with Gasteiger partial charge in [0.1, 0.15) is 5.69 Å². The van der Waals surface area contributed by atoms with Gasteiger partial charge in [-0.1, -0.05) is 61.9 Å². The third-order valence-corrected chi connectivity index (χ3v) is 5.60. The molecule has 0 aliphatic carbocycles. The van der Waals surface area contributed by atoms with Crippen LogP contribution in [0.2, 0.25) is 0 Å². The normalized spacial score (nSPS) is 11.0. The van der Waals surface area contributed by atoms with Crippen molar-refractivity contribution < 1.29 is 9.53 Å². The molecule has 0 bridgehead atoms. The van der Waals surface area contributed by atoms with Crippen LogP contribution in [0.4, 0.5) is 0 Å². The van der Waals surface area contributed by atoms with Gasteiger partial charge in [-0.3, -0.25) is 9.48 Å². The summed E-state index contributed by atoms with van der Waals surface area (Å²) in [6, 6.07) is 18.3. The lowest BCUT2D eigenvalue weighted by Crippen LogP contribution is -2.27. The average Bonchev–Trinajstić information content (AvgIpc) is 3.54. The van der Waals surface area contributed by atoms with Gasteiger partial charge in [-0.25, -0.2) is 5.10 Å². The Balaban J connectivity index is 1.54. The zero-order chi connectivity index (χ0) is 23.8. The Hall–Kier alpha value is -3.85. The van der Waals surface area contributed by atoms with Gasteiger partial charge in [-0.15, -0.1) is 5.10 Å². The first-order valence-electron chi connectivity index (χ1n) is 11.5. The van der Waals surface area contributed by atoms with Crippen molar-refractivity contribution in [2.24, 2.45) is 0 Å². The third-order valence-electron chi connectivity index (χ3n) is 5.60. The van der Waals surface area contributed by atoms with Crippen LogP contribution in [0.15, 0.2) is 54.6 Å². The first-order chi connectivity index (χ1) is 16.7. The Morgan fingerprint density at radius 2 is 1.91 bits per heavy atom. The molecule has 176 valence electrons. The lowest BCUT2D eigenvalue weighted by molar-refractivity contribution is 0.0931. The maximum atomic E-state index is 12.5. The molecule has 0 aliphatic rings. The summed E-state index contributed by atoms with van der Waals surface area (Å²) in [7, 11) is 1.61. The van der Waals surface area contributed by atoms with Crippen molar-refractivity contribution in [1.29, 1.82) is 0 Å². The van der Waals surface area contributed by atoms with Crippen molar-refractivity contribution in [3.63, 3.8) is 0 Å². The SMILES string of the molecule is CCCCc1cc(C(=O)NCCOC)nn1Cc1ccc(-c2ccccc2-c2nnn[nH]2)cc1. The van der Waals surface area contributed by atoms with Gasteiger partial charge in [0.05, 0.1) is 13.2 Å². The minimum atomic E-state index is -0.178. The number of methoxy groups -OCH3 is 1. The fraction of sp³-hybridized carbons (Fsp3) is 0.320. The monoisotopic (exact) mass is 459 g/mol. The summed E-state index contributed by atoms with van der Waals surface area (Å²) < 4.78 is 6.94. The van der Waals surface area contributed by atoms with Crippen LogP contribution in [-0.2, 0) is 17.7 Å². The van der Waals surface area contributed by atoms with Gasteiger partial charge < -0.3 is 10.1 Å². The van der Waals surface area contributed by atoms with E-state index in [1.807, 2.05) is 28.9 Å². The molecule has 34 heavy (non-hydrogen) atoms. The fourth-order valence-electron chi connectivity index (χ4n) is 3.80. The summed E-state index contributed by atoms with van der Waals surface area (Å²) in [5, 5.41) is 21.7. The number of aromatic amines is 1. The van der Waals surface area contributed by atoms with Crippen molar-refractivity contribution in [1.82, 2.24) is 35.7 Å². The molecule has 2 aromatic carbocycles. The van der Waals surface area contributed by atoms with Crippen LogP contribution in [-0.4, -0.2) is 56.6 Å². The minimum Gasteiger partial charge on any atom is -0.383 e. The Morgan fingerprint density at radius 3 is 2.62 bits per heavy atom. The molecule has 2 aromatic heterocycles. The van der Waals surface area contributed by atoms with Gasteiger partial charge in [0.25, 0.3) is 5.91 Å². The largest absolute Gasteiger partial charge is 0.383 e. The maximum absolute atomic E-state index is 12.5. The van der Waals surface area contributed by atoms with Crippen LogP contribution in [0.25, 0.3) is 22.5 Å². The van der Waals surface area contributed by atoms with Gasteiger partial charge in [0.15, 0.2) is 5.82 Å². The molecule has 0 unspecified atom stereocenters. The van der Waals surface area contributed by atoms with Crippen LogP contribution in [0.5, 0.6) is 0 Å². The number of aromatic nitrogens is 6. The van der Waals surface area contributed by atoms with E-state index in [1.165, 1.54) is 0 Å². The van der Waals surface area contributed by atoms with Crippen molar-refractivity contribution >= 4 is 5.91 Å². The molecule has 2 N–H and O–H groups in total. The molecule has 4 rings (SSSR count). The van der Waals surface area contributed by atoms with Crippen molar-refractivity contribution in [3.8, 4) is 22.5 Å². The van der Waals surface area contributed by atoms with E-state index in [9.17, 15) is 4.79 Å². The van der Waals surface area contributed by atoms with Crippen LogP contribution in [0.1, 0.15) is 41.5 Å². The molecule has 0 radical (unpaired) electrons. The standard InChI is InChI=1S/C25H29N7O2/c1-3-4-7-20-16-23(25(33)26-14-15-34-2)29-32(20)17-18-10-12-19(13-11-18)21-8-5-6-9-22(21)24-27-30-31-28-24/h5-6,8-13,16H,3-4,7,14-15,17H2,1-2H3,(H,26,33)(H,27,28,30,31). The molecule has 4 aromatic rings. The average molecular weight is 460 g/mol. The number of carbonyl (C=O) groups is 1. The van der Waals surface area contributed by atoms with Crippen LogP contribution in [0, 0.1) is 0 Å². The van der Waals surface area contributed by atoms with E-state index in [0.717, 1.165) is 47.2 Å². The van der Waals surface area contributed by atoms with Crippen LogP contribution in [0.3, 0.4) is 0 Å². The molecule has 9 nitrogen and oxygen atoms in total. The number of hydrogen-bond acceptors (Lipinski definition) is 6. The van der Waals surface area contributed by atoms with E-state index in [-0.39, 0.29) is 5.91 Å². The van der Waals surface area contributed by atoms with Gasteiger partial charge >= 0.3 is 0 Å². The van der Waals surface area contributed by atoms with Crippen LogP contribution >= 0.6 is 0 Å². The fourth-order valence-corrected chi connectivity index (χ4v) is 3.80. The van der Waals surface area contributed by atoms with Gasteiger partial charge in [0, 0.05) is 24.9 Å². The number of benzene rings is 2. The summed E-state index contributed by atoms with van der Waals surface area (Å²) in [6.45, 7) is 3.68. The first-order valence-corrected chi connectivity index (χ1v) is 11.5. The molecular formula is C25H29N7O2. The maximum Gasteiger partial charge on any atom is 0.271 e. The molecular weight excluding hydrogens is 430 g/mol. The van der Waals surface area contributed by atoms with E-state index >= 15 is 0 Å². The summed E-state index contributed by atoms with van der Waals surface area (Å²) >= 11 is 0. The number of nitrogens with zero attached hydrogens (tertiary/aromatic N) is 5. The van der Waals surface area contributed by atoms with Crippen molar-refractivity contribution in [3.05, 3.63) is 71.5 Å². The Kier molecular flexibility index (Phi) is 7.77. The molecule has 1 amide bonds. The van der Waals surface area contributed by atoms with Gasteiger partial charge in [-0.2, -0.15) is 5.10 Å². The number of hydrogen-bond donors (Lipinski definition) is 2. The second-order valence-corrected chi connectivity index (χ2v) is 8.02. The minimum absolute atomic E-state index is 0.178. The number of rotatable bonds is 11. The highest BCUT2D eigenvalue weighted by molar-refractivity contribution is 5.92. The van der Waals surface area contributed by atoms with E-state index in [0.29, 0.717) is 31.2 Å². The number of H-pyrrole nitrogens is 1. The number of nitrogens with one attached hydrogen (secondary N) is 2. The number of amides is 1. The first kappa shape index (κ1) is 23.3. The van der Waals surface area contributed by atoms with E-state index in [2.05, 4.69) is 68.3 Å². The second kappa shape index (κ2) is 11.3. The Morgan fingerprint density at radius 1 is 1.12 bits per heavy atom. The van der Waals surface area contributed by atoms with E-state index in [4.69, 9.17) is 4.74 Å². The smallest absolute Gasteiger partial charge is 0.271 e. The van der Waals surface area contributed by atoms with Crippen molar-refractivity contribution in [2.45, 2.75) is 32.7 Å². The Bertz CT molecular complexity index is 1200. The predicted molar refractivity (Wildman–Crippen MR) is 129 cm³/mol. The molecule has 0 aliphatic heterocycles. The van der Waals surface area contributed by atoms with E-state index in [1.54, 1.807) is 7.11 Å². The second-order valence-electron chi connectivity index (χ2n) is 8.02. The number of aryl methyl sites for hydroxylation is 1. The third kappa shape index (κ3) is 5.55. The predicted octanol–water partition coefficient (Wildman–Crippen LogP) is 3.50. The summed E-state index contributed by atoms with van der Waals surface area (Å²) in [4.78, 5) is 12.5. The molecule has 0 saturated heterocycles. The summed E-state index contributed by atoms with van der Waals surface area (Å²) in [6.07, 6.45) is 3.00. The lowest BCUT2D eigenvalue weighted by Gasteiger charge is -2.10.